The molecule has 3 rings (SSSR count). The number of benzene rings is 3. The minimum atomic E-state index is -0.631. The Morgan fingerprint density at radius 2 is 1.62 bits per heavy atom. The molecule has 0 aliphatic carbocycles. The Balaban J connectivity index is 1.49. The van der Waals surface area contributed by atoms with E-state index in [1.807, 2.05) is 36.4 Å². The zero-order chi connectivity index (χ0) is 18.4. The van der Waals surface area contributed by atoms with E-state index in [1.54, 1.807) is 30.3 Å². The number of nitrogens with one attached hydrogen (secondary N) is 1. The van der Waals surface area contributed by atoms with Crippen molar-refractivity contribution in [2.45, 2.75) is 0 Å². The number of esters is 1. The highest BCUT2D eigenvalue weighted by Crippen LogP contribution is 2.22. The smallest absolute Gasteiger partial charge is 0.344 e. The molecule has 0 saturated carbocycles. The number of carbonyl (C=O) groups excluding carboxylic acids is 2. The predicted octanol–water partition coefficient (Wildman–Crippen LogP) is 4.05. The molecule has 0 heterocycles. The van der Waals surface area contributed by atoms with Crippen molar-refractivity contribution in [3.63, 3.8) is 0 Å². The van der Waals surface area contributed by atoms with Gasteiger partial charge < -0.3 is 14.8 Å². The van der Waals surface area contributed by atoms with Crippen LogP contribution >= 0.6 is 11.6 Å². The second-order valence-corrected chi connectivity index (χ2v) is 5.91. The second kappa shape index (κ2) is 8.36. The number of halogens is 1. The molecule has 0 spiro atoms. The molecule has 0 aliphatic rings. The van der Waals surface area contributed by atoms with Crippen LogP contribution in [-0.4, -0.2) is 25.1 Å². The van der Waals surface area contributed by atoms with E-state index in [2.05, 4.69) is 5.32 Å². The van der Waals surface area contributed by atoms with Crippen LogP contribution in [0, 0.1) is 0 Å². The summed E-state index contributed by atoms with van der Waals surface area (Å²) in [5.41, 5.74) is 0.668. The third-order valence-corrected chi connectivity index (χ3v) is 3.85. The quantitative estimate of drug-likeness (QED) is 0.666. The maximum atomic E-state index is 12.0. The van der Waals surface area contributed by atoms with Gasteiger partial charge in [-0.2, -0.15) is 0 Å². The Labute approximate surface area is 155 Å². The molecule has 3 aromatic carbocycles. The van der Waals surface area contributed by atoms with Crippen LogP contribution in [0.25, 0.3) is 10.8 Å². The Kier molecular flexibility index (Phi) is 5.71. The van der Waals surface area contributed by atoms with Gasteiger partial charge >= 0.3 is 5.97 Å². The van der Waals surface area contributed by atoms with Crippen molar-refractivity contribution < 1.29 is 19.1 Å². The van der Waals surface area contributed by atoms with Gasteiger partial charge in [-0.15, -0.1) is 0 Å². The highest BCUT2D eigenvalue weighted by atomic mass is 35.5. The molecule has 0 unspecified atom stereocenters. The summed E-state index contributed by atoms with van der Waals surface area (Å²) < 4.78 is 10.2. The van der Waals surface area contributed by atoms with Gasteiger partial charge in [0.05, 0.1) is 0 Å². The number of anilines is 1. The van der Waals surface area contributed by atoms with Crippen LogP contribution in [0.5, 0.6) is 5.75 Å². The lowest BCUT2D eigenvalue weighted by atomic mass is 10.1. The Morgan fingerprint density at radius 3 is 2.42 bits per heavy atom. The van der Waals surface area contributed by atoms with E-state index in [1.165, 1.54) is 0 Å². The maximum Gasteiger partial charge on any atom is 0.344 e. The van der Waals surface area contributed by atoms with Crippen molar-refractivity contribution in [2.75, 3.05) is 18.5 Å². The third-order valence-electron chi connectivity index (χ3n) is 3.60. The summed E-state index contributed by atoms with van der Waals surface area (Å²) in [7, 11) is 0. The summed E-state index contributed by atoms with van der Waals surface area (Å²) in [4.78, 5) is 23.7. The molecule has 0 aliphatic heterocycles. The Morgan fingerprint density at radius 1 is 0.885 bits per heavy atom. The zero-order valence-corrected chi connectivity index (χ0v) is 14.5. The maximum absolute atomic E-state index is 12.0. The summed E-state index contributed by atoms with van der Waals surface area (Å²) >= 11 is 5.77. The number of rotatable bonds is 6. The van der Waals surface area contributed by atoms with Gasteiger partial charge in [-0.3, -0.25) is 4.79 Å². The highest BCUT2D eigenvalue weighted by molar-refractivity contribution is 6.30. The first kappa shape index (κ1) is 17.8. The fraction of sp³-hybridized carbons (Fsp3) is 0.100. The summed E-state index contributed by atoms with van der Waals surface area (Å²) in [6.07, 6.45) is 0. The summed E-state index contributed by atoms with van der Waals surface area (Å²) in [5.74, 6) is -0.555. The number of hydrogen-bond donors (Lipinski definition) is 1. The number of carbonyl (C=O) groups is 2. The number of fused-ring (bicyclic) bond motifs is 1. The molecule has 0 radical (unpaired) electrons. The third kappa shape index (κ3) is 4.74. The molecule has 0 saturated heterocycles. The van der Waals surface area contributed by atoms with Crippen molar-refractivity contribution in [3.8, 4) is 5.75 Å². The first-order valence-electron chi connectivity index (χ1n) is 7.93. The number of ether oxygens (including phenoxy) is 2. The molecule has 0 aromatic heterocycles. The van der Waals surface area contributed by atoms with Gasteiger partial charge in [0, 0.05) is 16.1 Å². The van der Waals surface area contributed by atoms with Crippen LogP contribution in [0.3, 0.4) is 0 Å². The lowest BCUT2D eigenvalue weighted by Gasteiger charge is -2.10. The molecule has 1 N–H and O–H groups in total. The highest BCUT2D eigenvalue weighted by Gasteiger charge is 2.10. The second-order valence-electron chi connectivity index (χ2n) is 5.48. The van der Waals surface area contributed by atoms with E-state index in [9.17, 15) is 9.59 Å². The lowest BCUT2D eigenvalue weighted by Crippen LogP contribution is -2.23. The van der Waals surface area contributed by atoms with Crippen LogP contribution in [0.2, 0.25) is 5.02 Å². The van der Waals surface area contributed by atoms with Gasteiger partial charge in [-0.1, -0.05) is 48.0 Å². The zero-order valence-electron chi connectivity index (χ0n) is 13.8. The van der Waals surface area contributed by atoms with Gasteiger partial charge in [0.1, 0.15) is 5.75 Å². The normalized spacial score (nSPS) is 10.3. The van der Waals surface area contributed by atoms with Gasteiger partial charge in [0.25, 0.3) is 5.91 Å². The Bertz CT molecular complexity index is 919. The standard InChI is InChI=1S/C20H16ClNO4/c21-15-8-10-16(11-9-15)25-13-20(24)26-12-19(23)22-18-7-3-5-14-4-1-2-6-17(14)18/h1-11H,12-13H2,(H,22,23). The predicted molar refractivity (Wildman–Crippen MR) is 100 cm³/mol. The molecule has 1 amide bonds. The van der Waals surface area contributed by atoms with Crippen LogP contribution in [0.4, 0.5) is 5.69 Å². The molecule has 3 aromatic rings. The first-order valence-corrected chi connectivity index (χ1v) is 8.31. The van der Waals surface area contributed by atoms with Crippen molar-refractivity contribution in [2.24, 2.45) is 0 Å². The summed E-state index contributed by atoms with van der Waals surface area (Å²) in [6.45, 7) is -0.671. The average Bonchev–Trinajstić information content (AvgIpc) is 2.66. The number of amides is 1. The van der Waals surface area contributed by atoms with Gasteiger partial charge in [0.15, 0.2) is 13.2 Å². The first-order chi connectivity index (χ1) is 12.6. The van der Waals surface area contributed by atoms with E-state index in [0.29, 0.717) is 16.5 Å². The molecule has 0 fully saturated rings. The summed E-state index contributed by atoms with van der Waals surface area (Å²) in [5, 5.41) is 5.25. The van der Waals surface area contributed by atoms with Gasteiger partial charge in [0.2, 0.25) is 0 Å². The molecule has 26 heavy (non-hydrogen) atoms. The SMILES string of the molecule is O=C(COC(=O)COc1ccc(Cl)cc1)Nc1cccc2ccccc12. The number of hydrogen-bond acceptors (Lipinski definition) is 4. The molecule has 5 nitrogen and oxygen atoms in total. The molecule has 132 valence electrons. The van der Waals surface area contributed by atoms with E-state index in [0.717, 1.165) is 10.8 Å². The molecular weight excluding hydrogens is 354 g/mol. The van der Waals surface area contributed by atoms with Crippen molar-refractivity contribution in [1.82, 2.24) is 0 Å². The average molecular weight is 370 g/mol. The van der Waals surface area contributed by atoms with Crippen molar-refractivity contribution in [1.29, 1.82) is 0 Å². The van der Waals surface area contributed by atoms with Crippen molar-refractivity contribution >= 4 is 39.9 Å². The Hall–Kier alpha value is -3.05. The van der Waals surface area contributed by atoms with Crippen LogP contribution in [-0.2, 0) is 14.3 Å². The van der Waals surface area contributed by atoms with Crippen LogP contribution < -0.4 is 10.1 Å². The van der Waals surface area contributed by atoms with E-state index in [-0.39, 0.29) is 13.2 Å². The topological polar surface area (TPSA) is 64.6 Å². The van der Waals surface area contributed by atoms with Crippen LogP contribution in [0.1, 0.15) is 0 Å². The van der Waals surface area contributed by atoms with Crippen LogP contribution in [0.15, 0.2) is 66.7 Å². The van der Waals surface area contributed by atoms with E-state index >= 15 is 0 Å². The molecular formula is C20H16ClNO4. The minimum Gasteiger partial charge on any atom is -0.482 e. The fourth-order valence-electron chi connectivity index (χ4n) is 2.38. The van der Waals surface area contributed by atoms with Crippen molar-refractivity contribution in [3.05, 3.63) is 71.8 Å². The van der Waals surface area contributed by atoms with Gasteiger partial charge in [-0.25, -0.2) is 4.79 Å². The fourth-order valence-corrected chi connectivity index (χ4v) is 2.51. The van der Waals surface area contributed by atoms with Gasteiger partial charge in [-0.05, 0) is 35.7 Å². The molecule has 6 heteroatoms. The molecule has 0 bridgehead atoms. The largest absolute Gasteiger partial charge is 0.482 e. The minimum absolute atomic E-state index is 0.289. The summed E-state index contributed by atoms with van der Waals surface area (Å²) in [6, 6.07) is 19.9. The monoisotopic (exact) mass is 369 g/mol. The van der Waals surface area contributed by atoms with E-state index < -0.39 is 11.9 Å². The van der Waals surface area contributed by atoms with E-state index in [4.69, 9.17) is 21.1 Å². The lowest BCUT2D eigenvalue weighted by molar-refractivity contribution is -0.149. The molecule has 0 atom stereocenters.